The van der Waals surface area contributed by atoms with E-state index in [0.717, 1.165) is 58.1 Å². The van der Waals surface area contributed by atoms with Crippen LogP contribution in [0.4, 0.5) is 4.39 Å². The van der Waals surface area contributed by atoms with E-state index in [2.05, 4.69) is 41.2 Å². The highest BCUT2D eigenvalue weighted by Gasteiger charge is 2.35. The first-order valence-corrected chi connectivity index (χ1v) is 14.8. The molecule has 8 heteroatoms. The number of thiophene rings is 1. The van der Waals surface area contributed by atoms with Crippen LogP contribution < -0.4 is 15.5 Å². The van der Waals surface area contributed by atoms with Crippen molar-refractivity contribution >= 4 is 29.0 Å². The Morgan fingerprint density at radius 1 is 1.29 bits per heavy atom. The Bertz CT molecular complexity index is 1280. The molecule has 0 bridgehead atoms. The van der Waals surface area contributed by atoms with Crippen molar-refractivity contribution in [2.75, 3.05) is 19.4 Å². The summed E-state index contributed by atoms with van der Waals surface area (Å²) in [6.45, 7) is 0.455. The number of hydrogen-bond acceptors (Lipinski definition) is 6. The number of fused-ring (bicyclic) bond motifs is 1. The molecule has 5 nitrogen and oxygen atoms in total. The van der Waals surface area contributed by atoms with Gasteiger partial charge in [-0.1, -0.05) is 42.0 Å². The smallest absolute Gasteiger partial charge is 0.261 e. The molecule has 3 N–H and O–H groups in total. The number of allylic oxidation sites excluding steroid dienone is 6. The number of nitrogens with one attached hydrogen (secondary N) is 2. The van der Waals surface area contributed by atoms with Crippen LogP contribution in [0, 0.1) is 5.92 Å². The van der Waals surface area contributed by atoms with Crippen LogP contribution in [0.3, 0.4) is 0 Å². The minimum atomic E-state index is -0.263. The maximum absolute atomic E-state index is 13.5. The highest BCUT2D eigenvalue weighted by Crippen LogP contribution is 2.48. The van der Waals surface area contributed by atoms with Gasteiger partial charge in [-0.05, 0) is 84.9 Å². The predicted octanol–water partition coefficient (Wildman–Crippen LogP) is 7.03. The van der Waals surface area contributed by atoms with Crippen molar-refractivity contribution in [3.05, 3.63) is 93.7 Å². The Morgan fingerprint density at radius 2 is 2.13 bits per heavy atom. The van der Waals surface area contributed by atoms with Gasteiger partial charge in [-0.25, -0.2) is 4.39 Å². The van der Waals surface area contributed by atoms with Gasteiger partial charge >= 0.3 is 0 Å². The Morgan fingerprint density at radius 3 is 2.82 bits per heavy atom. The normalized spacial score (nSPS) is 22.4. The second kappa shape index (κ2) is 12.5. The van der Waals surface area contributed by atoms with Crippen molar-refractivity contribution in [1.82, 2.24) is 10.8 Å². The molecule has 3 atom stereocenters. The van der Waals surface area contributed by atoms with Crippen molar-refractivity contribution in [2.24, 2.45) is 5.92 Å². The average molecular weight is 553 g/mol. The molecular formula is C30H33FN2O3S2. The zero-order chi connectivity index (χ0) is 26.5. The molecule has 38 heavy (non-hydrogen) atoms. The molecule has 0 radical (unpaired) electrons. The SMILES string of the molecule is COc1ccc(C2Cc3c(C(=O)NCC4C=CC(F)=CC4)sc(SCC4=CC=CCC4)c3C(NO)C2)cc1. The van der Waals surface area contributed by atoms with Crippen molar-refractivity contribution in [1.29, 1.82) is 0 Å². The Hall–Kier alpha value is -2.65. The van der Waals surface area contributed by atoms with Crippen LogP contribution in [0.1, 0.15) is 64.0 Å². The fraction of sp³-hybridized carbons (Fsp3) is 0.367. The number of hydroxylamine groups is 1. The van der Waals surface area contributed by atoms with Crippen LogP contribution >= 0.6 is 23.1 Å². The molecular weight excluding hydrogens is 519 g/mol. The largest absolute Gasteiger partial charge is 0.497 e. The van der Waals surface area contributed by atoms with Gasteiger partial charge in [0.25, 0.3) is 5.91 Å². The van der Waals surface area contributed by atoms with Gasteiger partial charge in [0.15, 0.2) is 0 Å². The number of rotatable bonds is 9. The number of carbonyl (C=O) groups is 1. The number of carbonyl (C=O) groups excluding carboxylic acids is 1. The highest BCUT2D eigenvalue weighted by atomic mass is 32.2. The van der Waals surface area contributed by atoms with Gasteiger partial charge in [0.1, 0.15) is 11.6 Å². The van der Waals surface area contributed by atoms with Gasteiger partial charge in [-0.2, -0.15) is 5.48 Å². The number of amides is 1. The van der Waals surface area contributed by atoms with E-state index in [1.807, 2.05) is 18.2 Å². The van der Waals surface area contributed by atoms with Crippen LogP contribution in [0.15, 0.2) is 76.3 Å². The molecule has 3 aliphatic carbocycles. The van der Waals surface area contributed by atoms with Crippen LogP contribution in [-0.4, -0.2) is 30.5 Å². The molecule has 1 amide bonds. The quantitative estimate of drug-likeness (QED) is 0.230. The van der Waals surface area contributed by atoms with Crippen LogP contribution in [0.5, 0.6) is 5.75 Å². The van der Waals surface area contributed by atoms with Crippen molar-refractivity contribution in [3.63, 3.8) is 0 Å². The number of halogens is 1. The molecule has 0 aliphatic heterocycles. The Labute approximate surface area is 231 Å². The molecule has 1 aromatic carbocycles. The third kappa shape index (κ3) is 6.15. The van der Waals surface area contributed by atoms with E-state index < -0.39 is 0 Å². The molecule has 3 unspecified atom stereocenters. The lowest BCUT2D eigenvalue weighted by Gasteiger charge is -2.30. The molecule has 2 aromatic rings. The van der Waals surface area contributed by atoms with E-state index in [9.17, 15) is 14.4 Å². The summed E-state index contributed by atoms with van der Waals surface area (Å²) in [4.78, 5) is 14.2. The number of methoxy groups -OCH3 is 1. The molecule has 0 saturated carbocycles. The maximum atomic E-state index is 13.5. The molecule has 0 spiro atoms. The first kappa shape index (κ1) is 26.9. The second-order valence-electron chi connectivity index (χ2n) is 9.94. The summed E-state index contributed by atoms with van der Waals surface area (Å²) < 4.78 is 19.8. The summed E-state index contributed by atoms with van der Waals surface area (Å²) >= 11 is 3.28. The topological polar surface area (TPSA) is 70.6 Å². The van der Waals surface area contributed by atoms with E-state index >= 15 is 0 Å². The number of ether oxygens (including phenoxy) is 1. The second-order valence-corrected chi connectivity index (χ2v) is 12.2. The molecule has 0 fully saturated rings. The third-order valence-electron chi connectivity index (χ3n) is 7.44. The third-order valence-corrected chi connectivity index (χ3v) is 10.1. The van der Waals surface area contributed by atoms with Crippen molar-refractivity contribution in [2.45, 2.75) is 48.3 Å². The lowest BCUT2D eigenvalue weighted by Crippen LogP contribution is -2.31. The summed E-state index contributed by atoms with van der Waals surface area (Å²) in [5.41, 5.74) is 7.16. The summed E-state index contributed by atoms with van der Waals surface area (Å²) in [7, 11) is 1.65. The van der Waals surface area contributed by atoms with Crippen molar-refractivity contribution in [3.8, 4) is 5.75 Å². The van der Waals surface area contributed by atoms with E-state index in [-0.39, 0.29) is 29.6 Å². The number of benzene rings is 1. The van der Waals surface area contributed by atoms with E-state index in [0.29, 0.717) is 17.8 Å². The van der Waals surface area contributed by atoms with E-state index in [1.165, 1.54) is 23.0 Å². The molecule has 1 aromatic heterocycles. The molecule has 0 saturated heterocycles. The fourth-order valence-electron chi connectivity index (χ4n) is 5.30. The van der Waals surface area contributed by atoms with E-state index in [4.69, 9.17) is 4.74 Å². The molecule has 200 valence electrons. The summed E-state index contributed by atoms with van der Waals surface area (Å²) in [5, 5.41) is 13.3. The van der Waals surface area contributed by atoms with Crippen LogP contribution in [-0.2, 0) is 6.42 Å². The van der Waals surface area contributed by atoms with E-state index in [1.54, 1.807) is 24.9 Å². The lowest BCUT2D eigenvalue weighted by atomic mass is 9.78. The maximum Gasteiger partial charge on any atom is 0.261 e. The fourth-order valence-corrected chi connectivity index (χ4v) is 7.99. The molecule has 5 rings (SSSR count). The summed E-state index contributed by atoms with van der Waals surface area (Å²) in [6.07, 6.45) is 15.5. The monoisotopic (exact) mass is 552 g/mol. The number of hydrogen-bond donors (Lipinski definition) is 3. The van der Waals surface area contributed by atoms with Gasteiger partial charge in [0.05, 0.1) is 22.2 Å². The first-order valence-electron chi connectivity index (χ1n) is 13.0. The predicted molar refractivity (Wildman–Crippen MR) is 152 cm³/mol. The van der Waals surface area contributed by atoms with Crippen LogP contribution in [0.25, 0.3) is 0 Å². The summed E-state index contributed by atoms with van der Waals surface area (Å²) in [5.74, 6) is 1.56. The first-order chi connectivity index (χ1) is 18.6. The summed E-state index contributed by atoms with van der Waals surface area (Å²) in [6, 6.07) is 7.78. The minimum Gasteiger partial charge on any atom is -0.497 e. The molecule has 1 heterocycles. The van der Waals surface area contributed by atoms with Gasteiger partial charge in [0.2, 0.25) is 0 Å². The molecule has 3 aliphatic rings. The number of thioether (sulfide) groups is 1. The average Bonchev–Trinajstić information content (AvgIpc) is 3.34. The Kier molecular flexibility index (Phi) is 8.84. The Balaban J connectivity index is 1.42. The minimum absolute atomic E-state index is 0.0771. The lowest BCUT2D eigenvalue weighted by molar-refractivity contribution is 0.0949. The van der Waals surface area contributed by atoms with Gasteiger partial charge in [-0.15, -0.1) is 23.1 Å². The standard InChI is InChI=1S/C30H33FN2O3S2/c1-36-24-13-9-21(10-14-24)22-15-25-27(26(16-22)33-35)30(37-18-20-5-3-2-4-6-20)38-28(25)29(34)32-17-19-7-11-23(31)12-8-19/h2-3,5,7,9-14,19,22,26,33,35H,4,6,8,15-18H2,1H3,(H,32,34). The van der Waals surface area contributed by atoms with Gasteiger partial charge in [0, 0.05) is 12.3 Å². The zero-order valence-electron chi connectivity index (χ0n) is 21.4. The van der Waals surface area contributed by atoms with Gasteiger partial charge < -0.3 is 15.3 Å². The van der Waals surface area contributed by atoms with Crippen LogP contribution in [0.2, 0.25) is 0 Å². The highest BCUT2D eigenvalue weighted by molar-refractivity contribution is 8.01. The van der Waals surface area contributed by atoms with Gasteiger partial charge in [-0.3, -0.25) is 4.79 Å². The van der Waals surface area contributed by atoms with Crippen molar-refractivity contribution < 1.29 is 19.1 Å². The zero-order valence-corrected chi connectivity index (χ0v) is 23.0.